The van der Waals surface area contributed by atoms with E-state index in [0.29, 0.717) is 11.3 Å². The molecule has 4 nitrogen and oxygen atoms in total. The monoisotopic (exact) mass is 389 g/mol. The van der Waals surface area contributed by atoms with Gasteiger partial charge in [0.15, 0.2) is 5.76 Å². The molecule has 3 aromatic carbocycles. The van der Waals surface area contributed by atoms with E-state index in [4.69, 9.17) is 9.15 Å². The minimum absolute atomic E-state index is 0.162. The molecule has 146 valence electrons. The van der Waals surface area contributed by atoms with E-state index in [-0.39, 0.29) is 30.6 Å². The molecule has 0 N–H and O–H groups in total. The van der Waals surface area contributed by atoms with Gasteiger partial charge in [0.1, 0.15) is 23.9 Å². The lowest BCUT2D eigenvalue weighted by Gasteiger charge is -2.16. The summed E-state index contributed by atoms with van der Waals surface area (Å²) in [5.74, 6) is 0.813. The molecule has 0 atom stereocenters. The molecule has 29 heavy (non-hydrogen) atoms. The number of fused-ring (bicyclic) bond motifs is 1. The summed E-state index contributed by atoms with van der Waals surface area (Å²) in [5.41, 5.74) is 0.453. The Hall–Kier alpha value is -3.60. The Morgan fingerprint density at radius 1 is 0.966 bits per heavy atom. The summed E-state index contributed by atoms with van der Waals surface area (Å²) in [5, 5.41) is 2.23. The molecule has 5 heteroatoms. The van der Waals surface area contributed by atoms with Gasteiger partial charge in [0.25, 0.3) is 5.91 Å². The van der Waals surface area contributed by atoms with Crippen LogP contribution in [0.1, 0.15) is 21.9 Å². The van der Waals surface area contributed by atoms with Gasteiger partial charge >= 0.3 is 0 Å². The van der Waals surface area contributed by atoms with Crippen molar-refractivity contribution in [2.24, 2.45) is 0 Å². The molecule has 0 unspecified atom stereocenters. The summed E-state index contributed by atoms with van der Waals surface area (Å²) in [6.45, 7) is 0.373. The number of carbonyl (C=O) groups excluding carboxylic acids is 1. The van der Waals surface area contributed by atoms with Crippen molar-refractivity contribution in [3.05, 3.63) is 102 Å². The molecule has 0 spiro atoms. The van der Waals surface area contributed by atoms with Crippen LogP contribution in [0.25, 0.3) is 10.8 Å². The Kier molecular flexibility index (Phi) is 5.29. The van der Waals surface area contributed by atoms with Gasteiger partial charge in [-0.1, -0.05) is 48.5 Å². The minimum Gasteiger partial charge on any atom is -0.486 e. The standard InChI is InChI=1S/C24H20FNO3/c1-26(15-19-8-4-5-9-22(19)25)24(27)23-13-12-21(29-23)16-28-20-11-10-17-6-2-3-7-18(17)14-20/h2-14H,15-16H2,1H3. The Morgan fingerprint density at radius 2 is 1.72 bits per heavy atom. The number of nitrogens with zero attached hydrogens (tertiary/aromatic N) is 1. The Labute approximate surface area is 168 Å². The van der Waals surface area contributed by atoms with Crippen molar-refractivity contribution in [2.45, 2.75) is 13.2 Å². The normalized spacial score (nSPS) is 10.8. The average Bonchev–Trinajstić information content (AvgIpc) is 3.22. The fourth-order valence-corrected chi connectivity index (χ4v) is 3.12. The maximum Gasteiger partial charge on any atom is 0.289 e. The molecule has 4 aromatic rings. The molecule has 0 aliphatic rings. The lowest BCUT2D eigenvalue weighted by atomic mass is 10.1. The topological polar surface area (TPSA) is 42.7 Å². The van der Waals surface area contributed by atoms with E-state index in [0.717, 1.165) is 16.5 Å². The quantitative estimate of drug-likeness (QED) is 0.442. The molecule has 4 rings (SSSR count). The van der Waals surface area contributed by atoms with Gasteiger partial charge in [0.2, 0.25) is 0 Å². The second kappa shape index (κ2) is 8.19. The highest BCUT2D eigenvalue weighted by atomic mass is 19.1. The van der Waals surface area contributed by atoms with Crippen LogP contribution in [0.4, 0.5) is 4.39 Å². The number of furan rings is 1. The molecular formula is C24H20FNO3. The van der Waals surface area contributed by atoms with Crippen molar-refractivity contribution in [1.82, 2.24) is 4.90 Å². The lowest BCUT2D eigenvalue weighted by Crippen LogP contribution is -2.26. The van der Waals surface area contributed by atoms with Gasteiger partial charge in [0.05, 0.1) is 0 Å². The van der Waals surface area contributed by atoms with Gasteiger partial charge in [-0.2, -0.15) is 0 Å². The first kappa shape index (κ1) is 18.7. The van der Waals surface area contributed by atoms with Crippen molar-refractivity contribution in [3.8, 4) is 5.75 Å². The van der Waals surface area contributed by atoms with Crippen LogP contribution in [0.15, 0.2) is 83.3 Å². The van der Waals surface area contributed by atoms with Gasteiger partial charge in [-0.15, -0.1) is 0 Å². The SMILES string of the molecule is CN(Cc1ccccc1F)C(=O)c1ccc(COc2ccc3ccccc3c2)o1. The summed E-state index contributed by atoms with van der Waals surface area (Å²) < 4.78 is 25.2. The van der Waals surface area contributed by atoms with E-state index in [2.05, 4.69) is 0 Å². The van der Waals surface area contributed by atoms with Crippen LogP contribution in [-0.2, 0) is 13.2 Å². The second-order valence-corrected chi connectivity index (χ2v) is 6.82. The van der Waals surface area contributed by atoms with Crippen LogP contribution in [0.2, 0.25) is 0 Å². The Bertz CT molecular complexity index is 1150. The van der Waals surface area contributed by atoms with Gasteiger partial charge in [-0.25, -0.2) is 4.39 Å². The third kappa shape index (κ3) is 4.29. The fourth-order valence-electron chi connectivity index (χ4n) is 3.12. The van der Waals surface area contributed by atoms with Gasteiger partial charge < -0.3 is 14.1 Å². The number of hydrogen-bond donors (Lipinski definition) is 0. The summed E-state index contributed by atoms with van der Waals surface area (Å²) in [6.07, 6.45) is 0. The second-order valence-electron chi connectivity index (χ2n) is 6.82. The van der Waals surface area contributed by atoms with Gasteiger partial charge in [-0.05, 0) is 41.1 Å². The molecule has 0 aliphatic carbocycles. The van der Waals surface area contributed by atoms with Crippen LogP contribution < -0.4 is 4.74 Å². The predicted molar refractivity (Wildman–Crippen MR) is 109 cm³/mol. The molecule has 0 radical (unpaired) electrons. The van der Waals surface area contributed by atoms with E-state index in [1.807, 2.05) is 42.5 Å². The van der Waals surface area contributed by atoms with Crippen LogP contribution in [-0.4, -0.2) is 17.9 Å². The molecule has 0 fully saturated rings. The highest BCUT2D eigenvalue weighted by molar-refractivity contribution is 5.91. The number of hydrogen-bond acceptors (Lipinski definition) is 3. The molecule has 1 aromatic heterocycles. The highest BCUT2D eigenvalue weighted by Crippen LogP contribution is 2.22. The third-order valence-corrected chi connectivity index (χ3v) is 4.69. The summed E-state index contributed by atoms with van der Waals surface area (Å²) in [4.78, 5) is 14.0. The Balaban J connectivity index is 1.39. The number of benzene rings is 3. The minimum atomic E-state index is -0.337. The number of ether oxygens (including phenoxy) is 1. The smallest absolute Gasteiger partial charge is 0.289 e. The van der Waals surface area contributed by atoms with Crippen LogP contribution in [0.5, 0.6) is 5.75 Å². The molecule has 0 bridgehead atoms. The summed E-state index contributed by atoms with van der Waals surface area (Å²) >= 11 is 0. The van der Waals surface area contributed by atoms with Crippen molar-refractivity contribution in [3.63, 3.8) is 0 Å². The van der Waals surface area contributed by atoms with Crippen LogP contribution in [0.3, 0.4) is 0 Å². The number of carbonyl (C=O) groups is 1. The van der Waals surface area contributed by atoms with Crippen molar-refractivity contribution in [1.29, 1.82) is 0 Å². The van der Waals surface area contributed by atoms with Crippen LogP contribution >= 0.6 is 0 Å². The van der Waals surface area contributed by atoms with Crippen LogP contribution in [0, 0.1) is 5.82 Å². The number of halogens is 1. The summed E-state index contributed by atoms with van der Waals surface area (Å²) in [7, 11) is 1.61. The van der Waals surface area contributed by atoms with Crippen molar-refractivity contribution >= 4 is 16.7 Å². The molecule has 0 saturated heterocycles. The number of rotatable bonds is 6. The van der Waals surface area contributed by atoms with E-state index >= 15 is 0 Å². The largest absolute Gasteiger partial charge is 0.486 e. The Morgan fingerprint density at radius 3 is 2.55 bits per heavy atom. The maximum atomic E-state index is 13.8. The van der Waals surface area contributed by atoms with Gasteiger partial charge in [0, 0.05) is 19.2 Å². The summed E-state index contributed by atoms with van der Waals surface area (Å²) in [6, 6.07) is 23.6. The first-order valence-electron chi connectivity index (χ1n) is 9.29. The van der Waals surface area contributed by atoms with Crippen molar-refractivity contribution < 1.29 is 18.3 Å². The number of amides is 1. The predicted octanol–water partition coefficient (Wildman–Crippen LogP) is 5.42. The highest BCUT2D eigenvalue weighted by Gasteiger charge is 2.17. The molecule has 1 amide bonds. The molecule has 0 aliphatic heterocycles. The van der Waals surface area contributed by atoms with E-state index < -0.39 is 0 Å². The van der Waals surface area contributed by atoms with E-state index in [1.54, 1.807) is 37.4 Å². The lowest BCUT2D eigenvalue weighted by molar-refractivity contribution is 0.0748. The zero-order valence-corrected chi connectivity index (χ0v) is 16.0. The molecule has 0 saturated carbocycles. The van der Waals surface area contributed by atoms with Gasteiger partial charge in [-0.3, -0.25) is 4.79 Å². The molecule has 1 heterocycles. The van der Waals surface area contributed by atoms with E-state index in [1.165, 1.54) is 11.0 Å². The zero-order chi connectivity index (χ0) is 20.2. The first-order chi connectivity index (χ1) is 14.1. The van der Waals surface area contributed by atoms with E-state index in [9.17, 15) is 9.18 Å². The van der Waals surface area contributed by atoms with Crippen molar-refractivity contribution in [2.75, 3.05) is 7.05 Å². The third-order valence-electron chi connectivity index (χ3n) is 4.69. The fraction of sp³-hybridized carbons (Fsp3) is 0.125. The molecular weight excluding hydrogens is 369 g/mol. The maximum absolute atomic E-state index is 13.8. The zero-order valence-electron chi connectivity index (χ0n) is 16.0. The first-order valence-corrected chi connectivity index (χ1v) is 9.29. The average molecular weight is 389 g/mol.